The fourth-order valence-electron chi connectivity index (χ4n) is 4.28. The number of nitrogens with zero attached hydrogens (tertiary/aromatic N) is 3. The molecule has 144 valence electrons. The Labute approximate surface area is 161 Å². The molecule has 1 amide bonds. The summed E-state index contributed by atoms with van der Waals surface area (Å²) < 4.78 is 2.16. The van der Waals surface area contributed by atoms with Crippen LogP contribution in [0, 0.1) is 5.92 Å². The Balaban J connectivity index is 1.59. The van der Waals surface area contributed by atoms with E-state index in [1.165, 1.54) is 63.1 Å². The first kappa shape index (κ1) is 19.5. The third-order valence-corrected chi connectivity index (χ3v) is 6.78. The van der Waals surface area contributed by atoms with Crippen molar-refractivity contribution in [2.75, 3.05) is 5.75 Å². The van der Waals surface area contributed by atoms with Crippen molar-refractivity contribution < 1.29 is 4.79 Å². The van der Waals surface area contributed by atoms with Crippen LogP contribution in [-0.4, -0.2) is 32.5 Å². The van der Waals surface area contributed by atoms with E-state index in [1.54, 1.807) is 0 Å². The molecule has 2 aliphatic carbocycles. The van der Waals surface area contributed by atoms with Gasteiger partial charge in [0.05, 0.1) is 5.75 Å². The van der Waals surface area contributed by atoms with Crippen molar-refractivity contribution in [3.05, 3.63) is 18.5 Å². The van der Waals surface area contributed by atoms with Crippen LogP contribution in [-0.2, 0) is 11.3 Å². The van der Waals surface area contributed by atoms with Gasteiger partial charge in [-0.1, -0.05) is 56.9 Å². The Morgan fingerprint density at radius 1 is 1.19 bits per heavy atom. The molecule has 6 heteroatoms. The van der Waals surface area contributed by atoms with E-state index in [4.69, 9.17) is 0 Å². The Morgan fingerprint density at radius 3 is 2.65 bits per heavy atom. The van der Waals surface area contributed by atoms with Crippen molar-refractivity contribution in [3.8, 4) is 0 Å². The molecule has 1 N–H and O–H groups in total. The number of carbonyl (C=O) groups is 1. The van der Waals surface area contributed by atoms with Gasteiger partial charge in [0.2, 0.25) is 5.91 Å². The third-order valence-electron chi connectivity index (χ3n) is 5.82. The third kappa shape index (κ3) is 4.90. The molecular formula is C20H32N4OS. The molecule has 5 nitrogen and oxygen atoms in total. The molecule has 0 aromatic carbocycles. The second kappa shape index (κ2) is 9.58. The molecule has 2 aliphatic rings. The summed E-state index contributed by atoms with van der Waals surface area (Å²) in [4.78, 5) is 12.4. The molecule has 2 fully saturated rings. The summed E-state index contributed by atoms with van der Waals surface area (Å²) in [5.41, 5.74) is 0. The normalized spacial score (nSPS) is 24.3. The fourth-order valence-corrected chi connectivity index (χ4v) is 5.05. The summed E-state index contributed by atoms with van der Waals surface area (Å²) in [7, 11) is 0. The van der Waals surface area contributed by atoms with Gasteiger partial charge in [-0.3, -0.25) is 4.79 Å². The number of nitrogens with one attached hydrogen (secondary N) is 1. The number of allylic oxidation sites excluding steroid dienone is 1. The standard InChI is InChI=1S/C20H32N4OS/c1-3-13-24-19(16-10-5-4-6-11-16)22-23-20(24)26-14-18(25)21-17-12-8-7-9-15(17)2/h3,15-17H,1,4-14H2,2H3,(H,21,25). The van der Waals surface area contributed by atoms with Gasteiger partial charge in [-0.2, -0.15) is 0 Å². The van der Waals surface area contributed by atoms with Crippen molar-refractivity contribution >= 4 is 17.7 Å². The molecule has 2 unspecified atom stereocenters. The summed E-state index contributed by atoms with van der Waals surface area (Å²) in [5, 5.41) is 12.9. The van der Waals surface area contributed by atoms with Gasteiger partial charge in [0.1, 0.15) is 5.82 Å². The van der Waals surface area contributed by atoms with Crippen LogP contribution < -0.4 is 5.32 Å². The van der Waals surface area contributed by atoms with E-state index in [2.05, 4.69) is 33.6 Å². The van der Waals surface area contributed by atoms with Crippen molar-refractivity contribution in [1.82, 2.24) is 20.1 Å². The molecule has 3 rings (SSSR count). The molecule has 2 atom stereocenters. The zero-order chi connectivity index (χ0) is 18.4. The summed E-state index contributed by atoms with van der Waals surface area (Å²) >= 11 is 1.50. The van der Waals surface area contributed by atoms with E-state index in [9.17, 15) is 4.79 Å². The van der Waals surface area contributed by atoms with E-state index in [1.807, 2.05) is 6.08 Å². The maximum atomic E-state index is 12.4. The lowest BCUT2D eigenvalue weighted by atomic mass is 9.86. The number of amides is 1. The lowest BCUT2D eigenvalue weighted by molar-refractivity contribution is -0.119. The maximum Gasteiger partial charge on any atom is 0.230 e. The number of hydrogen-bond acceptors (Lipinski definition) is 4. The van der Waals surface area contributed by atoms with Gasteiger partial charge in [0.15, 0.2) is 5.16 Å². The molecule has 0 saturated heterocycles. The zero-order valence-electron chi connectivity index (χ0n) is 16.0. The van der Waals surface area contributed by atoms with Crippen LogP contribution >= 0.6 is 11.8 Å². The van der Waals surface area contributed by atoms with E-state index in [-0.39, 0.29) is 5.91 Å². The summed E-state index contributed by atoms with van der Waals surface area (Å²) in [6.45, 7) is 6.83. The van der Waals surface area contributed by atoms with Gasteiger partial charge in [-0.05, 0) is 31.6 Å². The molecule has 0 aliphatic heterocycles. The summed E-state index contributed by atoms with van der Waals surface area (Å²) in [6.07, 6.45) is 13.0. The highest BCUT2D eigenvalue weighted by atomic mass is 32.2. The lowest BCUT2D eigenvalue weighted by Gasteiger charge is -2.29. The largest absolute Gasteiger partial charge is 0.352 e. The molecule has 0 bridgehead atoms. The topological polar surface area (TPSA) is 59.8 Å². The highest BCUT2D eigenvalue weighted by Gasteiger charge is 2.25. The molecule has 1 heterocycles. The second-order valence-corrected chi connectivity index (χ2v) is 8.74. The molecular weight excluding hydrogens is 344 g/mol. The van der Waals surface area contributed by atoms with Crippen molar-refractivity contribution in [3.63, 3.8) is 0 Å². The lowest BCUT2D eigenvalue weighted by Crippen LogP contribution is -2.41. The number of rotatable bonds is 7. The molecule has 2 saturated carbocycles. The highest BCUT2D eigenvalue weighted by Crippen LogP contribution is 2.33. The first-order valence-corrected chi connectivity index (χ1v) is 11.1. The first-order valence-electron chi connectivity index (χ1n) is 10.1. The molecule has 1 aromatic heterocycles. The number of hydrogen-bond donors (Lipinski definition) is 1. The summed E-state index contributed by atoms with van der Waals surface area (Å²) in [5.74, 6) is 2.68. The number of aromatic nitrogens is 3. The molecule has 1 aromatic rings. The Morgan fingerprint density at radius 2 is 1.92 bits per heavy atom. The zero-order valence-corrected chi connectivity index (χ0v) is 16.8. The van der Waals surface area contributed by atoms with Gasteiger partial charge in [0, 0.05) is 18.5 Å². The minimum atomic E-state index is 0.112. The first-order chi connectivity index (χ1) is 12.7. The highest BCUT2D eigenvalue weighted by molar-refractivity contribution is 7.99. The predicted molar refractivity (Wildman–Crippen MR) is 106 cm³/mol. The van der Waals surface area contributed by atoms with Crippen LogP contribution in [0.25, 0.3) is 0 Å². The second-order valence-electron chi connectivity index (χ2n) is 7.80. The average Bonchev–Trinajstić information content (AvgIpc) is 3.06. The monoisotopic (exact) mass is 376 g/mol. The van der Waals surface area contributed by atoms with E-state index in [0.29, 0.717) is 30.2 Å². The van der Waals surface area contributed by atoms with Crippen molar-refractivity contribution in [1.29, 1.82) is 0 Å². The van der Waals surface area contributed by atoms with E-state index in [0.717, 1.165) is 17.4 Å². The summed E-state index contributed by atoms with van der Waals surface area (Å²) in [6, 6.07) is 0.334. The Bertz CT molecular complexity index is 609. The quantitative estimate of drug-likeness (QED) is 0.569. The fraction of sp³-hybridized carbons (Fsp3) is 0.750. The maximum absolute atomic E-state index is 12.4. The number of thioether (sulfide) groups is 1. The molecule has 0 radical (unpaired) electrons. The smallest absolute Gasteiger partial charge is 0.230 e. The SMILES string of the molecule is C=CCn1c(SCC(=O)NC2CCCCC2C)nnc1C1CCCCC1. The van der Waals surface area contributed by atoms with Crippen LogP contribution in [0.4, 0.5) is 0 Å². The minimum absolute atomic E-state index is 0.112. The molecule has 0 spiro atoms. The van der Waals surface area contributed by atoms with Crippen LogP contribution in [0.5, 0.6) is 0 Å². The van der Waals surface area contributed by atoms with Gasteiger partial charge < -0.3 is 9.88 Å². The van der Waals surface area contributed by atoms with Crippen molar-refractivity contribution in [2.45, 2.75) is 88.4 Å². The van der Waals surface area contributed by atoms with E-state index >= 15 is 0 Å². The van der Waals surface area contributed by atoms with Gasteiger partial charge in [-0.25, -0.2) is 0 Å². The van der Waals surface area contributed by atoms with Gasteiger partial charge in [0.25, 0.3) is 0 Å². The minimum Gasteiger partial charge on any atom is -0.352 e. The van der Waals surface area contributed by atoms with Crippen LogP contribution in [0.1, 0.15) is 76.5 Å². The van der Waals surface area contributed by atoms with Crippen molar-refractivity contribution in [2.24, 2.45) is 5.92 Å². The van der Waals surface area contributed by atoms with Crippen LogP contribution in [0.2, 0.25) is 0 Å². The Hall–Kier alpha value is -1.30. The van der Waals surface area contributed by atoms with E-state index < -0.39 is 0 Å². The number of carbonyl (C=O) groups excluding carboxylic acids is 1. The molecule has 26 heavy (non-hydrogen) atoms. The Kier molecular flexibility index (Phi) is 7.17. The average molecular weight is 377 g/mol. The van der Waals surface area contributed by atoms with Crippen LogP contribution in [0.15, 0.2) is 17.8 Å². The van der Waals surface area contributed by atoms with Gasteiger partial charge in [-0.15, -0.1) is 16.8 Å². The van der Waals surface area contributed by atoms with Crippen LogP contribution in [0.3, 0.4) is 0 Å². The predicted octanol–water partition coefficient (Wildman–Crippen LogP) is 4.30. The van der Waals surface area contributed by atoms with Gasteiger partial charge >= 0.3 is 0 Å².